The van der Waals surface area contributed by atoms with Crippen molar-refractivity contribution in [2.75, 3.05) is 38.1 Å². The van der Waals surface area contributed by atoms with Crippen LogP contribution in [-0.2, 0) is 9.59 Å². The molecule has 0 fully saturated rings. The normalized spacial score (nSPS) is 10.4. The van der Waals surface area contributed by atoms with Gasteiger partial charge in [0, 0.05) is 0 Å². The maximum atomic E-state index is 11.9. The van der Waals surface area contributed by atoms with Crippen LogP contribution in [0.15, 0.2) is 36.4 Å². The van der Waals surface area contributed by atoms with Gasteiger partial charge in [-0.05, 0) is 0 Å². The van der Waals surface area contributed by atoms with E-state index < -0.39 is 34.1 Å². The van der Waals surface area contributed by atoms with Gasteiger partial charge < -0.3 is 0 Å². The summed E-state index contributed by atoms with van der Waals surface area (Å²) in [6, 6.07) is 11.9. The second kappa shape index (κ2) is 10.4. The molecule has 0 spiro atoms. The van der Waals surface area contributed by atoms with E-state index in [1.165, 1.54) is 7.22 Å². The van der Waals surface area contributed by atoms with Gasteiger partial charge in [-0.15, -0.1) is 0 Å². The molecule has 150 valence electrons. The Morgan fingerprint density at radius 2 is 1.11 bits per heavy atom. The third-order valence-electron chi connectivity index (χ3n) is 4.22. The third kappa shape index (κ3) is 5.55. The molecular formula is C20H24N2O4Te2. The van der Waals surface area contributed by atoms with E-state index in [2.05, 4.69) is 12.1 Å². The van der Waals surface area contributed by atoms with Crippen LogP contribution in [0.2, 0.25) is 0 Å². The zero-order valence-corrected chi connectivity index (χ0v) is 21.5. The molecule has 0 N–H and O–H groups in total. The summed E-state index contributed by atoms with van der Waals surface area (Å²) in [5.74, 6) is 1.45. The molecule has 2 rings (SSSR count). The van der Waals surface area contributed by atoms with E-state index in [1.54, 1.807) is 52.0 Å². The monoisotopic (exact) mass is 616 g/mol. The first-order valence-corrected chi connectivity index (χ1v) is 18.1. The van der Waals surface area contributed by atoms with E-state index in [1.807, 2.05) is 24.3 Å². The molecule has 0 bridgehead atoms. The Labute approximate surface area is 182 Å². The van der Waals surface area contributed by atoms with E-state index >= 15 is 0 Å². The average Bonchev–Trinajstić information content (AvgIpc) is 2.70. The first-order chi connectivity index (χ1) is 13.3. The van der Waals surface area contributed by atoms with Crippen LogP contribution in [0, 0.1) is 0 Å². The number of hydrogen-bond donors (Lipinski definition) is 0. The molecule has 2 aromatic carbocycles. The topological polar surface area (TPSA) is 59.1 Å². The van der Waals surface area contributed by atoms with Gasteiger partial charge >= 0.3 is 183 Å². The Morgan fingerprint density at radius 1 is 0.750 bits per heavy atom. The van der Waals surface area contributed by atoms with Crippen LogP contribution in [-0.4, -0.2) is 74.2 Å². The Hall–Kier alpha value is -1.44. The second-order valence-corrected chi connectivity index (χ2v) is 15.8. The van der Waals surface area contributed by atoms with Crippen molar-refractivity contribution in [2.45, 2.75) is 13.8 Å². The molecular weight excluding hydrogens is 587 g/mol. The predicted octanol–water partition coefficient (Wildman–Crippen LogP) is 0.943. The molecule has 0 aromatic heterocycles. The summed E-state index contributed by atoms with van der Waals surface area (Å²) in [5.41, 5.74) is 1.82. The summed E-state index contributed by atoms with van der Waals surface area (Å²) in [6.07, 6.45) is 0. The number of nitrogens with zero attached hydrogens (tertiary/aromatic N) is 2. The molecule has 28 heavy (non-hydrogen) atoms. The quantitative estimate of drug-likeness (QED) is 0.438. The molecule has 2 amide bonds. The predicted molar refractivity (Wildman–Crippen MR) is 115 cm³/mol. The molecule has 0 aliphatic rings. The molecule has 0 saturated heterocycles. The Morgan fingerprint density at radius 3 is 1.39 bits per heavy atom. The van der Waals surface area contributed by atoms with Crippen molar-refractivity contribution in [3.8, 4) is 11.5 Å². The number of carbonyl (C=O) groups is 2. The minimum atomic E-state index is -0.538. The van der Waals surface area contributed by atoms with Crippen LogP contribution >= 0.6 is 0 Å². The Balaban J connectivity index is 2.36. The second-order valence-electron chi connectivity index (χ2n) is 5.99. The van der Waals surface area contributed by atoms with E-state index in [0.29, 0.717) is 0 Å². The molecule has 2 aromatic rings. The van der Waals surface area contributed by atoms with E-state index in [-0.39, 0.29) is 11.8 Å². The van der Waals surface area contributed by atoms with Gasteiger partial charge in [0.15, 0.2) is 0 Å². The fourth-order valence-electron chi connectivity index (χ4n) is 2.34. The van der Waals surface area contributed by atoms with Gasteiger partial charge in [0.1, 0.15) is 0 Å². The van der Waals surface area contributed by atoms with Crippen LogP contribution in [0.4, 0.5) is 11.4 Å². The van der Waals surface area contributed by atoms with Crippen LogP contribution < -0.4 is 26.5 Å². The Kier molecular flexibility index (Phi) is 8.46. The molecule has 0 radical (unpaired) electrons. The summed E-state index contributed by atoms with van der Waals surface area (Å²) in [7, 11) is 6.82. The number of methoxy groups -OCH3 is 2. The SMILES string of the molecule is COc1ccc([Te][Te]c2ccc(OC)cc2N(C)C(C)=O)c(N(C)C(C)=O)c1. The fraction of sp³-hybridized carbons (Fsp3) is 0.300. The van der Waals surface area contributed by atoms with Gasteiger partial charge in [0.25, 0.3) is 0 Å². The third-order valence-corrected chi connectivity index (χ3v) is 15.9. The standard InChI is InChI=1S/C20H24N2O4Te2/c1-13(23)21(3)17-11-15(25-5)7-9-19(17)27-28-20-10-8-16(26-6)12-18(20)22(4)14(2)24/h7-12H,1-6H3. The van der Waals surface area contributed by atoms with E-state index in [4.69, 9.17) is 9.47 Å². The molecule has 6 nitrogen and oxygen atoms in total. The van der Waals surface area contributed by atoms with Gasteiger partial charge in [-0.3, -0.25) is 0 Å². The molecule has 0 saturated carbocycles. The molecule has 0 aliphatic heterocycles. The number of amides is 2. The number of anilines is 2. The summed E-state index contributed by atoms with van der Waals surface area (Å²) in [4.78, 5) is 27.2. The van der Waals surface area contributed by atoms with Crippen molar-refractivity contribution in [3.05, 3.63) is 36.4 Å². The van der Waals surface area contributed by atoms with Crippen molar-refractivity contribution in [1.82, 2.24) is 0 Å². The van der Waals surface area contributed by atoms with Crippen molar-refractivity contribution in [2.24, 2.45) is 0 Å². The first kappa shape index (κ1) is 22.8. The van der Waals surface area contributed by atoms with Crippen LogP contribution in [0.25, 0.3) is 0 Å². The molecule has 8 heteroatoms. The van der Waals surface area contributed by atoms with E-state index in [9.17, 15) is 9.59 Å². The van der Waals surface area contributed by atoms with Crippen LogP contribution in [0.1, 0.15) is 13.8 Å². The van der Waals surface area contributed by atoms with Gasteiger partial charge in [-0.1, -0.05) is 0 Å². The molecule has 0 unspecified atom stereocenters. The number of rotatable bonds is 7. The zero-order chi connectivity index (χ0) is 20.8. The van der Waals surface area contributed by atoms with Gasteiger partial charge in [0.2, 0.25) is 0 Å². The number of benzene rings is 2. The van der Waals surface area contributed by atoms with Gasteiger partial charge in [0.05, 0.1) is 0 Å². The number of ether oxygens (including phenoxy) is 2. The van der Waals surface area contributed by atoms with Crippen molar-refractivity contribution in [3.63, 3.8) is 0 Å². The molecule has 0 atom stereocenters. The van der Waals surface area contributed by atoms with Crippen LogP contribution in [0.5, 0.6) is 11.5 Å². The van der Waals surface area contributed by atoms with Crippen molar-refractivity contribution < 1.29 is 19.1 Å². The van der Waals surface area contributed by atoms with Gasteiger partial charge in [-0.25, -0.2) is 0 Å². The summed E-state index contributed by atoms with van der Waals surface area (Å²) >= 11 is -1.08. The fourth-order valence-corrected chi connectivity index (χ4v) is 14.0. The summed E-state index contributed by atoms with van der Waals surface area (Å²) < 4.78 is 13.1. The first-order valence-electron chi connectivity index (χ1n) is 8.47. The molecule has 0 aliphatic carbocycles. The average molecular weight is 612 g/mol. The zero-order valence-electron chi connectivity index (χ0n) is 16.8. The van der Waals surface area contributed by atoms with E-state index in [0.717, 1.165) is 22.9 Å². The molecule has 0 heterocycles. The number of hydrogen-bond acceptors (Lipinski definition) is 4. The van der Waals surface area contributed by atoms with Gasteiger partial charge in [-0.2, -0.15) is 0 Å². The Bertz CT molecular complexity index is 802. The summed E-state index contributed by atoms with van der Waals surface area (Å²) in [5, 5.41) is 0. The van der Waals surface area contributed by atoms with Crippen molar-refractivity contribution >= 4 is 64.5 Å². The van der Waals surface area contributed by atoms with Crippen molar-refractivity contribution in [1.29, 1.82) is 0 Å². The summed E-state index contributed by atoms with van der Waals surface area (Å²) in [6.45, 7) is 3.12. The van der Waals surface area contributed by atoms with Crippen LogP contribution in [0.3, 0.4) is 0 Å². The number of carbonyl (C=O) groups excluding carboxylic acids is 2. The maximum absolute atomic E-state index is 11.9. The minimum absolute atomic E-state index is 0.0102.